The van der Waals surface area contributed by atoms with Crippen molar-refractivity contribution >= 4 is 5.91 Å². The Morgan fingerprint density at radius 2 is 1.72 bits per heavy atom. The second-order valence-electron chi connectivity index (χ2n) is 5.58. The summed E-state index contributed by atoms with van der Waals surface area (Å²) in [5, 5.41) is 0. The van der Waals surface area contributed by atoms with Gasteiger partial charge < -0.3 is 10.6 Å². The number of nitrogens with zero attached hydrogens (tertiary/aromatic N) is 1. The van der Waals surface area contributed by atoms with Gasteiger partial charge in [0.1, 0.15) is 0 Å². The molecule has 0 fully saturated rings. The summed E-state index contributed by atoms with van der Waals surface area (Å²) in [6.45, 7) is 12.1. The number of hydrogen-bond donors (Lipinski definition) is 1. The first kappa shape index (κ1) is 17.4. The average molecular weight is 256 g/mol. The molecule has 0 aromatic rings. The van der Waals surface area contributed by atoms with Crippen molar-refractivity contribution in [2.75, 3.05) is 13.1 Å². The summed E-state index contributed by atoms with van der Waals surface area (Å²) in [7, 11) is 0. The Hall–Kier alpha value is -0.570. The van der Waals surface area contributed by atoms with Crippen molar-refractivity contribution in [2.24, 2.45) is 17.6 Å². The van der Waals surface area contributed by atoms with Gasteiger partial charge in [-0.25, -0.2) is 0 Å². The van der Waals surface area contributed by atoms with Crippen LogP contribution in [0.15, 0.2) is 0 Å². The number of amides is 1. The number of nitrogens with two attached hydrogens (primary N) is 1. The van der Waals surface area contributed by atoms with Crippen LogP contribution in [0, 0.1) is 11.8 Å². The second kappa shape index (κ2) is 9.37. The number of rotatable bonds is 9. The van der Waals surface area contributed by atoms with Crippen molar-refractivity contribution in [1.82, 2.24) is 4.90 Å². The van der Waals surface area contributed by atoms with E-state index in [0.29, 0.717) is 18.5 Å². The predicted molar refractivity (Wildman–Crippen MR) is 78.4 cm³/mol. The predicted octanol–water partition coefficient (Wildman–Crippen LogP) is 3.03. The maximum Gasteiger partial charge on any atom is 0.227 e. The Balaban J connectivity index is 4.86. The Labute approximate surface area is 113 Å². The SMILES string of the molecule is CCCC(CN)C(=O)N(CC(C)C)C(CC)CC. The number of carbonyl (C=O) groups excluding carboxylic acids is 1. The van der Waals surface area contributed by atoms with Crippen molar-refractivity contribution in [3.05, 3.63) is 0 Å². The van der Waals surface area contributed by atoms with Crippen molar-refractivity contribution in [3.63, 3.8) is 0 Å². The number of carbonyl (C=O) groups is 1. The van der Waals surface area contributed by atoms with Gasteiger partial charge in [0.25, 0.3) is 0 Å². The molecule has 1 amide bonds. The van der Waals surface area contributed by atoms with Gasteiger partial charge in [0.05, 0.1) is 5.92 Å². The average Bonchev–Trinajstić information content (AvgIpc) is 2.35. The summed E-state index contributed by atoms with van der Waals surface area (Å²) in [4.78, 5) is 14.7. The largest absolute Gasteiger partial charge is 0.339 e. The normalized spacial score (nSPS) is 13.1. The molecule has 0 aliphatic carbocycles. The lowest BCUT2D eigenvalue weighted by Crippen LogP contribution is -2.46. The van der Waals surface area contributed by atoms with Gasteiger partial charge in [0.2, 0.25) is 5.91 Å². The summed E-state index contributed by atoms with van der Waals surface area (Å²) in [6, 6.07) is 0.366. The molecule has 108 valence electrons. The molecule has 1 atom stereocenters. The molecular formula is C15H32N2O. The molecule has 3 nitrogen and oxygen atoms in total. The van der Waals surface area contributed by atoms with Gasteiger partial charge in [0.15, 0.2) is 0 Å². The Morgan fingerprint density at radius 1 is 1.17 bits per heavy atom. The number of hydrogen-bond acceptors (Lipinski definition) is 2. The fourth-order valence-electron chi connectivity index (χ4n) is 2.47. The summed E-state index contributed by atoms with van der Waals surface area (Å²) in [5.41, 5.74) is 5.76. The summed E-state index contributed by atoms with van der Waals surface area (Å²) in [6.07, 6.45) is 3.98. The molecule has 0 saturated carbocycles. The standard InChI is InChI=1S/C15H32N2O/c1-6-9-13(10-16)15(18)17(11-12(4)5)14(7-2)8-3/h12-14H,6-11,16H2,1-5H3. The summed E-state index contributed by atoms with van der Waals surface area (Å²) < 4.78 is 0. The zero-order valence-corrected chi connectivity index (χ0v) is 12.9. The highest BCUT2D eigenvalue weighted by Crippen LogP contribution is 2.17. The van der Waals surface area contributed by atoms with E-state index in [0.717, 1.165) is 32.2 Å². The highest BCUT2D eigenvalue weighted by molar-refractivity contribution is 5.79. The van der Waals surface area contributed by atoms with E-state index in [1.165, 1.54) is 0 Å². The minimum atomic E-state index is 0.00866. The third kappa shape index (κ3) is 5.38. The molecule has 0 aliphatic heterocycles. The molecule has 1 unspecified atom stereocenters. The van der Waals surface area contributed by atoms with Gasteiger partial charge in [-0.15, -0.1) is 0 Å². The zero-order chi connectivity index (χ0) is 14.1. The van der Waals surface area contributed by atoms with Gasteiger partial charge in [-0.3, -0.25) is 4.79 Å². The van der Waals surface area contributed by atoms with E-state index >= 15 is 0 Å². The van der Waals surface area contributed by atoms with Crippen LogP contribution in [0.25, 0.3) is 0 Å². The molecule has 0 heterocycles. The molecule has 0 saturated heterocycles. The van der Waals surface area contributed by atoms with Crippen molar-refractivity contribution in [3.8, 4) is 0 Å². The van der Waals surface area contributed by atoms with E-state index in [4.69, 9.17) is 5.73 Å². The molecule has 0 radical (unpaired) electrons. The lowest BCUT2D eigenvalue weighted by atomic mass is 9.99. The molecule has 0 aliphatic rings. The van der Waals surface area contributed by atoms with Gasteiger partial charge in [-0.2, -0.15) is 0 Å². The molecule has 0 spiro atoms. The minimum Gasteiger partial charge on any atom is -0.339 e. The van der Waals surface area contributed by atoms with Crippen LogP contribution in [0.2, 0.25) is 0 Å². The third-order valence-corrected chi connectivity index (χ3v) is 3.50. The van der Waals surface area contributed by atoms with Gasteiger partial charge in [-0.05, 0) is 25.2 Å². The highest BCUT2D eigenvalue weighted by atomic mass is 16.2. The lowest BCUT2D eigenvalue weighted by molar-refractivity contribution is -0.138. The Kier molecular flexibility index (Phi) is 9.08. The van der Waals surface area contributed by atoms with Gasteiger partial charge >= 0.3 is 0 Å². The fraction of sp³-hybridized carbons (Fsp3) is 0.933. The topological polar surface area (TPSA) is 46.3 Å². The monoisotopic (exact) mass is 256 g/mol. The molecular weight excluding hydrogens is 224 g/mol. The van der Waals surface area contributed by atoms with Gasteiger partial charge in [0, 0.05) is 19.1 Å². The maximum atomic E-state index is 12.6. The Bertz CT molecular complexity index is 225. The van der Waals surface area contributed by atoms with E-state index in [-0.39, 0.29) is 11.8 Å². The van der Waals surface area contributed by atoms with Crippen LogP contribution in [-0.4, -0.2) is 29.9 Å². The second-order valence-corrected chi connectivity index (χ2v) is 5.58. The molecule has 0 aromatic carbocycles. The zero-order valence-electron chi connectivity index (χ0n) is 12.9. The third-order valence-electron chi connectivity index (χ3n) is 3.50. The van der Waals surface area contributed by atoms with E-state index in [1.807, 2.05) is 0 Å². The van der Waals surface area contributed by atoms with E-state index in [1.54, 1.807) is 0 Å². The molecule has 3 heteroatoms. The molecule has 2 N–H and O–H groups in total. The van der Waals surface area contributed by atoms with Crippen LogP contribution in [-0.2, 0) is 4.79 Å². The van der Waals surface area contributed by atoms with Crippen LogP contribution >= 0.6 is 0 Å². The maximum absolute atomic E-state index is 12.6. The van der Waals surface area contributed by atoms with Crippen molar-refractivity contribution < 1.29 is 4.79 Å². The molecule has 18 heavy (non-hydrogen) atoms. The van der Waals surface area contributed by atoms with Crippen LogP contribution in [0.4, 0.5) is 0 Å². The quantitative estimate of drug-likeness (QED) is 0.689. The minimum absolute atomic E-state index is 0.00866. The van der Waals surface area contributed by atoms with E-state index < -0.39 is 0 Å². The van der Waals surface area contributed by atoms with Crippen LogP contribution in [0.1, 0.15) is 60.3 Å². The molecule has 0 bridgehead atoms. The smallest absolute Gasteiger partial charge is 0.227 e. The van der Waals surface area contributed by atoms with E-state index in [9.17, 15) is 4.79 Å². The van der Waals surface area contributed by atoms with Gasteiger partial charge in [-0.1, -0.05) is 41.0 Å². The fourth-order valence-corrected chi connectivity index (χ4v) is 2.47. The first-order chi connectivity index (χ1) is 8.51. The molecule has 0 aromatic heterocycles. The Morgan fingerprint density at radius 3 is 2.06 bits per heavy atom. The first-order valence-electron chi connectivity index (χ1n) is 7.52. The highest BCUT2D eigenvalue weighted by Gasteiger charge is 2.27. The summed E-state index contributed by atoms with van der Waals surface area (Å²) >= 11 is 0. The lowest BCUT2D eigenvalue weighted by Gasteiger charge is -2.34. The van der Waals surface area contributed by atoms with Crippen LogP contribution in [0.5, 0.6) is 0 Å². The van der Waals surface area contributed by atoms with Crippen LogP contribution < -0.4 is 5.73 Å². The summed E-state index contributed by atoms with van der Waals surface area (Å²) in [5.74, 6) is 0.783. The van der Waals surface area contributed by atoms with E-state index in [2.05, 4.69) is 39.5 Å². The first-order valence-corrected chi connectivity index (χ1v) is 7.52. The van der Waals surface area contributed by atoms with Crippen molar-refractivity contribution in [1.29, 1.82) is 0 Å². The van der Waals surface area contributed by atoms with Crippen molar-refractivity contribution in [2.45, 2.75) is 66.3 Å². The molecule has 0 rings (SSSR count). The van der Waals surface area contributed by atoms with Crippen LogP contribution in [0.3, 0.4) is 0 Å².